The van der Waals surface area contributed by atoms with Crippen molar-refractivity contribution in [2.45, 2.75) is 25.7 Å². The number of Topliss-reactive ketones (excluding diaryl/α,β-unsaturated/α-hetero) is 1. The summed E-state index contributed by atoms with van der Waals surface area (Å²) in [5.41, 5.74) is 9.03. The van der Waals surface area contributed by atoms with E-state index >= 15 is 0 Å². The Bertz CT molecular complexity index is 734. The molecule has 0 bridgehead atoms. The number of hydrogen-bond donors (Lipinski definition) is 2. The van der Waals surface area contributed by atoms with Crippen LogP contribution in [0.2, 0.25) is 0 Å². The van der Waals surface area contributed by atoms with E-state index in [1.54, 1.807) is 12.1 Å². The molecule has 3 N–H and O–H groups in total. The third kappa shape index (κ3) is 3.32. The third-order valence-electron chi connectivity index (χ3n) is 4.83. The minimum Gasteiger partial charge on any atom is -0.481 e. The van der Waals surface area contributed by atoms with E-state index in [1.165, 1.54) is 0 Å². The van der Waals surface area contributed by atoms with Gasteiger partial charge in [-0.1, -0.05) is 49.2 Å². The highest BCUT2D eigenvalue weighted by atomic mass is 16.4. The van der Waals surface area contributed by atoms with Gasteiger partial charge in [-0.15, -0.1) is 0 Å². The van der Waals surface area contributed by atoms with Crippen molar-refractivity contribution in [3.63, 3.8) is 0 Å². The fourth-order valence-corrected chi connectivity index (χ4v) is 3.46. The van der Waals surface area contributed by atoms with Gasteiger partial charge in [0.1, 0.15) is 0 Å². The van der Waals surface area contributed by atoms with Crippen LogP contribution in [0.5, 0.6) is 0 Å². The highest BCUT2D eigenvalue weighted by Crippen LogP contribution is 2.33. The summed E-state index contributed by atoms with van der Waals surface area (Å²) < 4.78 is 0. The summed E-state index contributed by atoms with van der Waals surface area (Å²) in [5.74, 6) is -1.86. The van der Waals surface area contributed by atoms with E-state index in [0.29, 0.717) is 24.1 Å². The number of hydrogen-bond acceptors (Lipinski definition) is 3. The number of nitrogen functional groups attached to an aromatic ring is 1. The van der Waals surface area contributed by atoms with E-state index in [1.807, 2.05) is 36.4 Å². The Morgan fingerprint density at radius 3 is 1.88 bits per heavy atom. The fourth-order valence-electron chi connectivity index (χ4n) is 3.46. The Morgan fingerprint density at radius 2 is 1.33 bits per heavy atom. The predicted octanol–water partition coefficient (Wildman–Crippen LogP) is 4.01. The Hall–Kier alpha value is -2.62. The molecule has 1 saturated carbocycles. The number of nitrogens with two attached hydrogens (primary N) is 1. The van der Waals surface area contributed by atoms with Gasteiger partial charge in [-0.3, -0.25) is 9.59 Å². The van der Waals surface area contributed by atoms with E-state index in [9.17, 15) is 14.7 Å². The Morgan fingerprint density at radius 1 is 0.833 bits per heavy atom. The first-order valence-corrected chi connectivity index (χ1v) is 8.29. The lowest BCUT2D eigenvalue weighted by atomic mass is 9.75. The molecule has 2 aromatic carbocycles. The number of benzene rings is 2. The largest absolute Gasteiger partial charge is 0.481 e. The molecule has 0 amide bonds. The number of carboxylic acids is 1. The van der Waals surface area contributed by atoms with Gasteiger partial charge in [-0.05, 0) is 36.1 Å². The van der Waals surface area contributed by atoms with Gasteiger partial charge < -0.3 is 10.8 Å². The van der Waals surface area contributed by atoms with Crippen LogP contribution in [0.4, 0.5) is 5.69 Å². The molecule has 2 aromatic rings. The Balaban J connectivity index is 1.80. The van der Waals surface area contributed by atoms with Crippen LogP contribution in [0.25, 0.3) is 11.1 Å². The van der Waals surface area contributed by atoms with Gasteiger partial charge in [0.15, 0.2) is 5.78 Å². The van der Waals surface area contributed by atoms with Crippen molar-refractivity contribution in [1.82, 2.24) is 0 Å². The smallest absolute Gasteiger partial charge is 0.307 e. The molecule has 0 unspecified atom stereocenters. The van der Waals surface area contributed by atoms with E-state index in [-0.39, 0.29) is 5.78 Å². The van der Waals surface area contributed by atoms with Crippen molar-refractivity contribution in [2.75, 3.05) is 5.73 Å². The zero-order valence-electron chi connectivity index (χ0n) is 13.4. The summed E-state index contributed by atoms with van der Waals surface area (Å²) in [6.45, 7) is 0. The molecular weight excluding hydrogens is 302 g/mol. The van der Waals surface area contributed by atoms with Gasteiger partial charge in [0.25, 0.3) is 0 Å². The standard InChI is InChI=1S/C20H21NO3/c21-16-11-9-14(10-12-16)13-5-7-15(8-6-13)19(22)17-3-1-2-4-18(17)20(23)24/h5-12,17-18H,1-4,21H2,(H,23,24)/t17-,18-/m0/s1. The monoisotopic (exact) mass is 323 g/mol. The molecule has 3 rings (SSSR count). The molecule has 1 fully saturated rings. The number of ketones is 1. The van der Waals surface area contributed by atoms with E-state index in [0.717, 1.165) is 24.0 Å². The highest BCUT2D eigenvalue weighted by Gasteiger charge is 2.35. The molecule has 1 aliphatic carbocycles. The number of carbonyl (C=O) groups excluding carboxylic acids is 1. The normalized spacial score (nSPS) is 20.5. The second-order valence-electron chi connectivity index (χ2n) is 6.40. The lowest BCUT2D eigenvalue weighted by molar-refractivity contribution is -0.144. The summed E-state index contributed by atoms with van der Waals surface area (Å²) in [6, 6.07) is 14.9. The van der Waals surface area contributed by atoms with E-state index in [2.05, 4.69) is 0 Å². The van der Waals surface area contributed by atoms with Crippen molar-refractivity contribution in [3.05, 3.63) is 54.1 Å². The second-order valence-corrected chi connectivity index (χ2v) is 6.40. The molecule has 0 saturated heterocycles. The van der Waals surface area contributed by atoms with E-state index < -0.39 is 17.8 Å². The minimum atomic E-state index is -0.855. The molecular formula is C20H21NO3. The van der Waals surface area contributed by atoms with Crippen LogP contribution in [0.3, 0.4) is 0 Å². The number of carbonyl (C=O) groups is 2. The summed E-state index contributed by atoms with van der Waals surface area (Å²) in [7, 11) is 0. The zero-order chi connectivity index (χ0) is 17.1. The molecule has 1 aliphatic rings. The molecule has 4 nitrogen and oxygen atoms in total. The van der Waals surface area contributed by atoms with Crippen LogP contribution in [-0.2, 0) is 4.79 Å². The summed E-state index contributed by atoms with van der Waals surface area (Å²) in [6.07, 6.45) is 3.06. The predicted molar refractivity (Wildman–Crippen MR) is 93.7 cm³/mol. The summed E-state index contributed by atoms with van der Waals surface area (Å²) >= 11 is 0. The minimum absolute atomic E-state index is 0.0500. The maximum atomic E-state index is 12.7. The Labute approximate surface area is 141 Å². The van der Waals surface area contributed by atoms with Crippen molar-refractivity contribution in [2.24, 2.45) is 11.8 Å². The van der Waals surface area contributed by atoms with E-state index in [4.69, 9.17) is 5.73 Å². The quantitative estimate of drug-likeness (QED) is 0.658. The molecule has 0 aliphatic heterocycles. The van der Waals surface area contributed by atoms with Gasteiger partial charge in [0.05, 0.1) is 5.92 Å². The second kappa shape index (κ2) is 6.87. The van der Waals surface area contributed by atoms with Crippen molar-refractivity contribution >= 4 is 17.4 Å². The molecule has 0 heterocycles. The molecule has 4 heteroatoms. The number of anilines is 1. The molecule has 0 aromatic heterocycles. The maximum Gasteiger partial charge on any atom is 0.307 e. The average Bonchev–Trinajstić information content (AvgIpc) is 2.62. The summed E-state index contributed by atoms with van der Waals surface area (Å²) in [5, 5.41) is 9.36. The first-order chi connectivity index (χ1) is 11.6. The van der Waals surface area contributed by atoms with Crippen LogP contribution >= 0.6 is 0 Å². The SMILES string of the molecule is Nc1ccc(-c2ccc(C(=O)[C@H]3CCCC[C@@H]3C(=O)O)cc2)cc1. The lowest BCUT2D eigenvalue weighted by Gasteiger charge is -2.27. The van der Waals surface area contributed by atoms with Gasteiger partial charge in [-0.2, -0.15) is 0 Å². The van der Waals surface area contributed by atoms with Crippen LogP contribution in [0.15, 0.2) is 48.5 Å². The third-order valence-corrected chi connectivity index (χ3v) is 4.83. The molecule has 0 radical (unpaired) electrons. The molecule has 0 spiro atoms. The topological polar surface area (TPSA) is 80.4 Å². The van der Waals surface area contributed by atoms with Crippen LogP contribution in [0.1, 0.15) is 36.0 Å². The van der Waals surface area contributed by atoms with Gasteiger partial charge in [-0.25, -0.2) is 0 Å². The summed E-state index contributed by atoms with van der Waals surface area (Å²) in [4.78, 5) is 24.1. The highest BCUT2D eigenvalue weighted by molar-refractivity contribution is 6.00. The Kier molecular flexibility index (Phi) is 4.65. The zero-order valence-corrected chi connectivity index (χ0v) is 13.4. The van der Waals surface area contributed by atoms with Gasteiger partial charge >= 0.3 is 5.97 Å². The number of rotatable bonds is 4. The average molecular weight is 323 g/mol. The fraction of sp³-hybridized carbons (Fsp3) is 0.300. The first kappa shape index (κ1) is 16.2. The van der Waals surface area contributed by atoms with Crippen LogP contribution < -0.4 is 5.73 Å². The first-order valence-electron chi connectivity index (χ1n) is 8.29. The van der Waals surface area contributed by atoms with Crippen LogP contribution in [0, 0.1) is 11.8 Å². The van der Waals surface area contributed by atoms with Gasteiger partial charge in [0.2, 0.25) is 0 Å². The van der Waals surface area contributed by atoms with Crippen molar-refractivity contribution in [3.8, 4) is 11.1 Å². The maximum absolute atomic E-state index is 12.7. The molecule has 2 atom stereocenters. The van der Waals surface area contributed by atoms with Crippen LogP contribution in [-0.4, -0.2) is 16.9 Å². The molecule has 124 valence electrons. The number of aliphatic carboxylic acids is 1. The lowest BCUT2D eigenvalue weighted by Crippen LogP contribution is -2.32. The van der Waals surface area contributed by atoms with Crippen molar-refractivity contribution in [1.29, 1.82) is 0 Å². The van der Waals surface area contributed by atoms with Crippen molar-refractivity contribution < 1.29 is 14.7 Å². The van der Waals surface area contributed by atoms with Gasteiger partial charge in [0, 0.05) is 17.2 Å². The number of carboxylic acid groups (broad SMARTS) is 1. The molecule has 24 heavy (non-hydrogen) atoms.